The number of rotatable bonds is 2. The Balaban J connectivity index is 2.05. The summed E-state index contributed by atoms with van der Waals surface area (Å²) >= 11 is 6.28. The molecule has 2 heterocycles. The summed E-state index contributed by atoms with van der Waals surface area (Å²) in [7, 11) is 0. The van der Waals surface area contributed by atoms with E-state index in [2.05, 4.69) is 36.1 Å². The lowest BCUT2D eigenvalue weighted by Crippen LogP contribution is -1.86. The number of aromatic nitrogens is 4. The molecule has 3 aromatic rings. The number of halogens is 1. The first-order chi connectivity index (χ1) is 8.33. The van der Waals surface area contributed by atoms with Crippen LogP contribution in [0.1, 0.15) is 0 Å². The minimum atomic E-state index is 0.776. The Morgan fingerprint density at radius 2 is 2.00 bits per heavy atom. The number of benzene rings is 1. The molecule has 0 aliphatic carbocycles. The minimum Gasteiger partial charge on any atom is -0.236 e. The van der Waals surface area contributed by atoms with E-state index in [1.54, 1.807) is 6.33 Å². The lowest BCUT2D eigenvalue weighted by Gasteiger charge is -2.01. The molecule has 2 aromatic heterocycles. The summed E-state index contributed by atoms with van der Waals surface area (Å²) in [4.78, 5) is 8.51. The number of hydrogen-bond acceptors (Lipinski definition) is 6. The van der Waals surface area contributed by atoms with Gasteiger partial charge in [-0.2, -0.15) is 0 Å². The second kappa shape index (κ2) is 4.67. The maximum absolute atomic E-state index is 4.29. The Morgan fingerprint density at radius 1 is 1.12 bits per heavy atom. The molecule has 0 fully saturated rings. The lowest BCUT2D eigenvalue weighted by atomic mass is 10.2. The first kappa shape index (κ1) is 11.1. The number of fused-ring (bicyclic) bond motifs is 1. The van der Waals surface area contributed by atoms with E-state index in [0.29, 0.717) is 0 Å². The van der Waals surface area contributed by atoms with E-state index in [9.17, 15) is 0 Å². The first-order valence-corrected chi connectivity index (χ1v) is 7.12. The molecule has 0 radical (unpaired) electrons. The molecule has 3 rings (SSSR count). The van der Waals surface area contributed by atoms with Crippen LogP contribution in [0, 0.1) is 0 Å². The average molecular weight is 325 g/mol. The van der Waals surface area contributed by atoms with Gasteiger partial charge in [0.2, 0.25) is 0 Å². The molecule has 0 amide bonds. The third kappa shape index (κ3) is 2.31. The van der Waals surface area contributed by atoms with E-state index in [-0.39, 0.29) is 0 Å². The van der Waals surface area contributed by atoms with Gasteiger partial charge in [0, 0.05) is 5.39 Å². The van der Waals surface area contributed by atoms with Crippen LogP contribution in [0.3, 0.4) is 0 Å². The Labute approximate surface area is 114 Å². The highest BCUT2D eigenvalue weighted by Gasteiger charge is 2.08. The molecule has 0 aliphatic heterocycles. The molecule has 0 aliphatic rings. The SMILES string of the molecule is Brc1nnc(Sc2ncnc3ccccc23)s1. The summed E-state index contributed by atoms with van der Waals surface area (Å²) in [5.41, 5.74) is 0.939. The van der Waals surface area contributed by atoms with Gasteiger partial charge in [-0.3, -0.25) is 0 Å². The molecule has 0 unspecified atom stereocenters. The average Bonchev–Trinajstić information content (AvgIpc) is 2.75. The molecular formula is C10H5BrN4S2. The van der Waals surface area contributed by atoms with Crippen molar-refractivity contribution in [2.75, 3.05) is 0 Å². The second-order valence-electron chi connectivity index (χ2n) is 3.12. The molecule has 7 heteroatoms. The van der Waals surface area contributed by atoms with Crippen molar-refractivity contribution in [2.24, 2.45) is 0 Å². The summed E-state index contributed by atoms with van der Waals surface area (Å²) in [5.74, 6) is 0. The Hall–Kier alpha value is -1.05. The quantitative estimate of drug-likeness (QED) is 0.676. The van der Waals surface area contributed by atoms with Crippen LogP contribution in [0.5, 0.6) is 0 Å². The zero-order valence-corrected chi connectivity index (χ0v) is 11.6. The fourth-order valence-electron chi connectivity index (χ4n) is 1.38. The molecule has 4 nitrogen and oxygen atoms in total. The third-order valence-electron chi connectivity index (χ3n) is 2.07. The normalized spacial score (nSPS) is 10.9. The van der Waals surface area contributed by atoms with Crippen molar-refractivity contribution in [3.8, 4) is 0 Å². The maximum Gasteiger partial charge on any atom is 0.184 e. The van der Waals surface area contributed by atoms with Crippen molar-refractivity contribution in [3.63, 3.8) is 0 Å². The zero-order valence-electron chi connectivity index (χ0n) is 8.37. The van der Waals surface area contributed by atoms with E-state index in [1.165, 1.54) is 23.1 Å². The highest BCUT2D eigenvalue weighted by Crippen LogP contribution is 2.33. The zero-order chi connectivity index (χ0) is 11.7. The van der Waals surface area contributed by atoms with Gasteiger partial charge in [-0.05, 0) is 33.8 Å². The highest BCUT2D eigenvalue weighted by atomic mass is 79.9. The highest BCUT2D eigenvalue weighted by molar-refractivity contribution is 9.11. The summed E-state index contributed by atoms with van der Waals surface area (Å²) in [6, 6.07) is 7.92. The molecule has 0 atom stereocenters. The van der Waals surface area contributed by atoms with E-state index in [1.807, 2.05) is 24.3 Å². The largest absolute Gasteiger partial charge is 0.236 e. The van der Waals surface area contributed by atoms with Gasteiger partial charge >= 0.3 is 0 Å². The Kier molecular flexibility index (Phi) is 3.04. The summed E-state index contributed by atoms with van der Waals surface area (Å²) in [6.07, 6.45) is 1.57. The molecule has 0 spiro atoms. The van der Waals surface area contributed by atoms with Crippen LogP contribution in [0.2, 0.25) is 0 Å². The second-order valence-corrected chi connectivity index (χ2v) is 6.61. The fraction of sp³-hybridized carbons (Fsp3) is 0. The van der Waals surface area contributed by atoms with Gasteiger partial charge in [0.1, 0.15) is 11.4 Å². The minimum absolute atomic E-state index is 0.776. The molecular weight excluding hydrogens is 320 g/mol. The molecule has 0 saturated carbocycles. The standard InChI is InChI=1S/C10H5BrN4S2/c11-9-14-15-10(17-9)16-8-6-3-1-2-4-7(6)12-5-13-8/h1-5H. The monoisotopic (exact) mass is 324 g/mol. The third-order valence-corrected chi connectivity index (χ3v) is 4.50. The fourth-order valence-corrected chi connectivity index (χ4v) is 3.82. The molecule has 0 N–H and O–H groups in total. The predicted molar refractivity (Wildman–Crippen MR) is 71.3 cm³/mol. The van der Waals surface area contributed by atoms with Gasteiger partial charge in [-0.25, -0.2) is 9.97 Å². The summed E-state index contributed by atoms with van der Waals surface area (Å²) < 4.78 is 1.64. The van der Waals surface area contributed by atoms with Crippen LogP contribution in [-0.4, -0.2) is 20.2 Å². The molecule has 0 bridgehead atoms. The smallest absolute Gasteiger partial charge is 0.184 e. The van der Waals surface area contributed by atoms with Crippen molar-refractivity contribution in [1.29, 1.82) is 0 Å². The number of para-hydroxylation sites is 1. The van der Waals surface area contributed by atoms with Gasteiger partial charge in [-0.1, -0.05) is 29.5 Å². The number of hydrogen-bond donors (Lipinski definition) is 0. The van der Waals surface area contributed by atoms with Gasteiger partial charge in [-0.15, -0.1) is 10.2 Å². The molecule has 84 valence electrons. The van der Waals surface area contributed by atoms with E-state index in [0.717, 1.165) is 24.2 Å². The van der Waals surface area contributed by atoms with Crippen molar-refractivity contribution in [1.82, 2.24) is 20.2 Å². The molecule has 17 heavy (non-hydrogen) atoms. The maximum atomic E-state index is 4.29. The van der Waals surface area contributed by atoms with Crippen molar-refractivity contribution >= 4 is 49.9 Å². The van der Waals surface area contributed by atoms with Crippen LogP contribution in [0.15, 0.2) is 43.9 Å². The van der Waals surface area contributed by atoms with Crippen LogP contribution < -0.4 is 0 Å². The lowest BCUT2D eigenvalue weighted by molar-refractivity contribution is 0.993. The van der Waals surface area contributed by atoms with Gasteiger partial charge in [0.05, 0.1) is 5.52 Å². The van der Waals surface area contributed by atoms with Crippen LogP contribution >= 0.6 is 39.0 Å². The molecule has 1 aromatic carbocycles. The number of nitrogens with zero attached hydrogens (tertiary/aromatic N) is 4. The van der Waals surface area contributed by atoms with Gasteiger partial charge < -0.3 is 0 Å². The summed E-state index contributed by atoms with van der Waals surface area (Å²) in [5, 5.41) is 9.89. The van der Waals surface area contributed by atoms with E-state index >= 15 is 0 Å². The first-order valence-electron chi connectivity index (χ1n) is 4.69. The van der Waals surface area contributed by atoms with Gasteiger partial charge in [0.15, 0.2) is 8.26 Å². The predicted octanol–water partition coefficient (Wildman–Crippen LogP) is 3.40. The molecule has 0 saturated heterocycles. The van der Waals surface area contributed by atoms with E-state index in [4.69, 9.17) is 0 Å². The van der Waals surface area contributed by atoms with Crippen molar-refractivity contribution in [3.05, 3.63) is 34.5 Å². The van der Waals surface area contributed by atoms with Crippen molar-refractivity contribution in [2.45, 2.75) is 9.37 Å². The van der Waals surface area contributed by atoms with Crippen LogP contribution in [0.4, 0.5) is 0 Å². The van der Waals surface area contributed by atoms with Crippen LogP contribution in [0.25, 0.3) is 10.9 Å². The van der Waals surface area contributed by atoms with E-state index < -0.39 is 0 Å². The van der Waals surface area contributed by atoms with Crippen molar-refractivity contribution < 1.29 is 0 Å². The Morgan fingerprint density at radius 3 is 2.82 bits per heavy atom. The summed E-state index contributed by atoms with van der Waals surface area (Å²) in [6.45, 7) is 0. The van der Waals surface area contributed by atoms with Gasteiger partial charge in [0.25, 0.3) is 0 Å². The Bertz CT molecular complexity index is 665. The topological polar surface area (TPSA) is 51.6 Å². The van der Waals surface area contributed by atoms with Crippen LogP contribution in [-0.2, 0) is 0 Å².